The number of aliphatic hydroxyl groups is 1. The number of hydrogen-bond acceptors (Lipinski definition) is 3. The van der Waals surface area contributed by atoms with Crippen LogP contribution in [-0.4, -0.2) is 36.1 Å². The molecule has 0 spiro atoms. The average molecular weight is 286 g/mol. The van der Waals surface area contributed by atoms with E-state index in [0.29, 0.717) is 23.7 Å². The molecule has 1 saturated carbocycles. The molecule has 5 nitrogen and oxygen atoms in total. The first-order valence-corrected chi connectivity index (χ1v) is 6.97. The Balaban J connectivity index is 1.86. The van der Waals surface area contributed by atoms with Gasteiger partial charge in [-0.3, -0.25) is 9.59 Å². The van der Waals surface area contributed by atoms with Gasteiger partial charge in [-0.15, -0.1) is 0 Å². The van der Waals surface area contributed by atoms with Gasteiger partial charge in [-0.2, -0.15) is 0 Å². The van der Waals surface area contributed by atoms with Crippen molar-refractivity contribution in [2.24, 2.45) is 0 Å². The van der Waals surface area contributed by atoms with E-state index in [-0.39, 0.29) is 24.8 Å². The summed E-state index contributed by atoms with van der Waals surface area (Å²) in [6.45, 7) is 0.0381. The average Bonchev–Trinajstić information content (AvgIpc) is 3.29. The molecular formula is C16H18N2O3. The molecular weight excluding hydrogens is 268 g/mol. The zero-order chi connectivity index (χ0) is 15.1. The topological polar surface area (TPSA) is 78.4 Å². The number of rotatable bonds is 5. The van der Waals surface area contributed by atoms with Crippen molar-refractivity contribution in [2.45, 2.75) is 25.3 Å². The van der Waals surface area contributed by atoms with E-state index < -0.39 is 0 Å². The van der Waals surface area contributed by atoms with Crippen LogP contribution in [0.2, 0.25) is 0 Å². The number of carbonyl (C=O) groups excluding carboxylic acids is 2. The zero-order valence-corrected chi connectivity index (χ0v) is 11.7. The lowest BCUT2D eigenvalue weighted by Gasteiger charge is -2.07. The fourth-order valence-corrected chi connectivity index (χ4v) is 1.84. The molecule has 0 atom stereocenters. The van der Waals surface area contributed by atoms with Crippen molar-refractivity contribution in [3.8, 4) is 11.8 Å². The molecule has 0 saturated heterocycles. The van der Waals surface area contributed by atoms with Crippen LogP contribution in [0.15, 0.2) is 24.3 Å². The van der Waals surface area contributed by atoms with E-state index in [2.05, 4.69) is 22.5 Å². The van der Waals surface area contributed by atoms with Gasteiger partial charge < -0.3 is 15.7 Å². The van der Waals surface area contributed by atoms with Gasteiger partial charge in [0.2, 0.25) is 5.91 Å². The largest absolute Gasteiger partial charge is 0.384 e. The van der Waals surface area contributed by atoms with Crippen molar-refractivity contribution in [1.82, 2.24) is 10.6 Å². The Morgan fingerprint density at radius 3 is 2.76 bits per heavy atom. The van der Waals surface area contributed by atoms with E-state index in [4.69, 9.17) is 5.11 Å². The van der Waals surface area contributed by atoms with Gasteiger partial charge in [-0.05, 0) is 25.0 Å². The van der Waals surface area contributed by atoms with Gasteiger partial charge in [-0.1, -0.05) is 24.0 Å². The molecule has 0 aromatic heterocycles. The van der Waals surface area contributed by atoms with Gasteiger partial charge in [-0.25, -0.2) is 0 Å². The summed E-state index contributed by atoms with van der Waals surface area (Å²) < 4.78 is 0. The molecule has 1 fully saturated rings. The fourth-order valence-electron chi connectivity index (χ4n) is 1.84. The van der Waals surface area contributed by atoms with E-state index in [1.165, 1.54) is 0 Å². The Morgan fingerprint density at radius 1 is 1.29 bits per heavy atom. The molecule has 1 aliphatic carbocycles. The molecule has 1 aromatic rings. The van der Waals surface area contributed by atoms with Gasteiger partial charge in [0.15, 0.2) is 0 Å². The number of carbonyl (C=O) groups is 2. The highest BCUT2D eigenvalue weighted by Crippen LogP contribution is 2.18. The van der Waals surface area contributed by atoms with Crippen molar-refractivity contribution in [2.75, 3.05) is 13.2 Å². The minimum absolute atomic E-state index is 0.0360. The molecule has 0 bridgehead atoms. The molecule has 2 rings (SSSR count). The van der Waals surface area contributed by atoms with Crippen LogP contribution in [0.5, 0.6) is 0 Å². The maximum absolute atomic E-state index is 12.1. The molecule has 21 heavy (non-hydrogen) atoms. The third-order valence-electron chi connectivity index (χ3n) is 3.05. The summed E-state index contributed by atoms with van der Waals surface area (Å²) in [7, 11) is 0. The van der Waals surface area contributed by atoms with Crippen LogP contribution >= 0.6 is 0 Å². The Labute approximate surface area is 123 Å². The lowest BCUT2D eigenvalue weighted by Crippen LogP contribution is -2.31. The molecule has 3 N–H and O–H groups in total. The summed E-state index contributed by atoms with van der Waals surface area (Å²) >= 11 is 0. The van der Waals surface area contributed by atoms with Crippen molar-refractivity contribution in [3.05, 3.63) is 35.4 Å². The maximum Gasteiger partial charge on any atom is 0.252 e. The summed E-state index contributed by atoms with van der Waals surface area (Å²) in [6, 6.07) is 7.25. The van der Waals surface area contributed by atoms with Crippen molar-refractivity contribution in [1.29, 1.82) is 0 Å². The summed E-state index contributed by atoms with van der Waals surface area (Å²) in [5, 5.41) is 14.3. The predicted molar refractivity (Wildman–Crippen MR) is 78.5 cm³/mol. The van der Waals surface area contributed by atoms with Crippen LogP contribution in [0.1, 0.15) is 35.2 Å². The van der Waals surface area contributed by atoms with Crippen molar-refractivity contribution >= 4 is 11.8 Å². The molecule has 2 amide bonds. The highest BCUT2D eigenvalue weighted by Gasteiger charge is 2.22. The smallest absolute Gasteiger partial charge is 0.252 e. The van der Waals surface area contributed by atoms with Crippen molar-refractivity contribution < 1.29 is 14.7 Å². The predicted octanol–water partition coefficient (Wildman–Crippen LogP) is 0.429. The third-order valence-corrected chi connectivity index (χ3v) is 3.05. The van der Waals surface area contributed by atoms with Crippen LogP contribution in [0, 0.1) is 11.8 Å². The molecule has 110 valence electrons. The Morgan fingerprint density at radius 2 is 2.05 bits per heavy atom. The van der Waals surface area contributed by atoms with Crippen LogP contribution in [0.4, 0.5) is 0 Å². The minimum atomic E-state index is -0.267. The Bertz CT molecular complexity index is 583. The standard InChI is InChI=1S/C16H18N2O3/c19-11-3-5-12-4-1-2-6-14(12)16(21)17-10-9-15(20)18-13-7-8-13/h1-2,4,6,13,19H,7-11H2,(H,17,21)(H,18,20). The quantitative estimate of drug-likeness (QED) is 0.687. The molecule has 0 heterocycles. The molecule has 1 aromatic carbocycles. The number of nitrogens with one attached hydrogen (secondary N) is 2. The van der Waals surface area contributed by atoms with Gasteiger partial charge in [0.05, 0.1) is 5.56 Å². The van der Waals surface area contributed by atoms with Crippen LogP contribution < -0.4 is 10.6 Å². The first-order chi connectivity index (χ1) is 10.2. The van der Waals surface area contributed by atoms with Gasteiger partial charge in [0.1, 0.15) is 6.61 Å². The van der Waals surface area contributed by atoms with E-state index in [9.17, 15) is 9.59 Å². The summed E-state index contributed by atoms with van der Waals surface area (Å²) in [5.41, 5.74) is 1.01. The van der Waals surface area contributed by atoms with Gasteiger partial charge >= 0.3 is 0 Å². The normalized spacial score (nSPS) is 13.0. The van der Waals surface area contributed by atoms with Gasteiger partial charge in [0.25, 0.3) is 5.91 Å². The van der Waals surface area contributed by atoms with E-state index in [1.54, 1.807) is 24.3 Å². The second-order valence-electron chi connectivity index (χ2n) is 4.85. The summed E-state index contributed by atoms with van der Waals surface area (Å²) in [6.07, 6.45) is 2.37. The lowest BCUT2D eigenvalue weighted by molar-refractivity contribution is -0.121. The van der Waals surface area contributed by atoms with Crippen LogP contribution in [-0.2, 0) is 4.79 Å². The molecule has 0 aliphatic heterocycles. The number of hydrogen-bond donors (Lipinski definition) is 3. The molecule has 1 aliphatic rings. The molecule has 0 unspecified atom stereocenters. The fraction of sp³-hybridized carbons (Fsp3) is 0.375. The van der Waals surface area contributed by atoms with E-state index in [1.807, 2.05) is 0 Å². The molecule has 5 heteroatoms. The summed E-state index contributed by atoms with van der Waals surface area (Å²) in [4.78, 5) is 23.6. The second-order valence-corrected chi connectivity index (χ2v) is 4.85. The first-order valence-electron chi connectivity index (χ1n) is 6.97. The Hall–Kier alpha value is -2.32. The van der Waals surface area contributed by atoms with E-state index >= 15 is 0 Å². The number of aliphatic hydroxyl groups excluding tert-OH is 1. The zero-order valence-electron chi connectivity index (χ0n) is 11.7. The van der Waals surface area contributed by atoms with Crippen molar-refractivity contribution in [3.63, 3.8) is 0 Å². The number of amides is 2. The highest BCUT2D eigenvalue weighted by molar-refractivity contribution is 5.96. The third kappa shape index (κ3) is 4.93. The van der Waals surface area contributed by atoms with Crippen LogP contribution in [0.25, 0.3) is 0 Å². The summed E-state index contributed by atoms with van der Waals surface area (Å²) in [5.74, 6) is 4.96. The second kappa shape index (κ2) is 7.46. The molecule has 0 radical (unpaired) electrons. The highest BCUT2D eigenvalue weighted by atomic mass is 16.2. The minimum Gasteiger partial charge on any atom is -0.384 e. The first kappa shape index (κ1) is 15.1. The van der Waals surface area contributed by atoms with Crippen LogP contribution in [0.3, 0.4) is 0 Å². The lowest BCUT2D eigenvalue weighted by atomic mass is 10.1. The van der Waals surface area contributed by atoms with E-state index in [0.717, 1.165) is 12.8 Å². The monoisotopic (exact) mass is 286 g/mol. The van der Waals surface area contributed by atoms with Gasteiger partial charge in [0, 0.05) is 24.6 Å². The Kier molecular flexibility index (Phi) is 5.35. The maximum atomic E-state index is 12.1. The number of benzene rings is 1. The SMILES string of the molecule is O=C(CCNC(=O)c1ccccc1C#CCO)NC1CC1.